The van der Waals surface area contributed by atoms with Crippen LogP contribution in [0.4, 0.5) is 0 Å². The molecule has 2 fully saturated rings. The standard InChI is InChI=1S/C18H19Cl2N3OS/c19-15-3-1-2-14(16(15)20)18(24)23-8-6-22(7-9-23)10-13-11-25-17(21-13)12-4-5-12/h1-3,11-12H,4-10H2. The molecular formula is C18H19Cl2N3OS. The molecule has 1 aliphatic carbocycles. The number of rotatable bonds is 4. The molecule has 1 saturated heterocycles. The summed E-state index contributed by atoms with van der Waals surface area (Å²) in [7, 11) is 0. The van der Waals surface area contributed by atoms with Crippen LogP contribution in [0.2, 0.25) is 10.0 Å². The maximum atomic E-state index is 12.7. The minimum atomic E-state index is -0.0446. The van der Waals surface area contributed by atoms with Crippen LogP contribution in [0, 0.1) is 0 Å². The third kappa shape index (κ3) is 3.85. The summed E-state index contributed by atoms with van der Waals surface area (Å²) in [5.74, 6) is 0.674. The van der Waals surface area contributed by atoms with Crippen LogP contribution in [0.5, 0.6) is 0 Å². The fourth-order valence-electron chi connectivity index (χ4n) is 3.09. The first-order valence-corrected chi connectivity index (χ1v) is 10.2. The zero-order valence-electron chi connectivity index (χ0n) is 13.8. The lowest BCUT2D eigenvalue weighted by Crippen LogP contribution is -2.48. The Kier molecular flexibility index (Phi) is 5.00. The molecule has 0 unspecified atom stereocenters. The van der Waals surface area contributed by atoms with Gasteiger partial charge in [0.1, 0.15) is 0 Å². The molecule has 0 radical (unpaired) electrons. The molecular weight excluding hydrogens is 377 g/mol. The number of halogens is 2. The van der Waals surface area contributed by atoms with Gasteiger partial charge in [-0.25, -0.2) is 4.98 Å². The maximum absolute atomic E-state index is 12.7. The number of carbonyl (C=O) groups excluding carboxylic acids is 1. The van der Waals surface area contributed by atoms with E-state index in [1.165, 1.54) is 17.8 Å². The van der Waals surface area contributed by atoms with Crippen LogP contribution in [-0.2, 0) is 6.54 Å². The topological polar surface area (TPSA) is 36.4 Å². The van der Waals surface area contributed by atoms with E-state index in [9.17, 15) is 4.79 Å². The molecule has 4 rings (SSSR count). The fourth-order valence-corrected chi connectivity index (χ4v) is 4.45. The second-order valence-electron chi connectivity index (χ2n) is 6.62. The van der Waals surface area contributed by atoms with Crippen LogP contribution >= 0.6 is 34.5 Å². The van der Waals surface area contributed by atoms with E-state index in [0.717, 1.165) is 31.2 Å². The van der Waals surface area contributed by atoms with Crippen molar-refractivity contribution in [3.63, 3.8) is 0 Å². The Labute approximate surface area is 161 Å². The third-order valence-corrected chi connectivity index (χ3v) is 6.60. The average Bonchev–Trinajstić information content (AvgIpc) is 3.37. The third-order valence-electron chi connectivity index (χ3n) is 4.72. The fraction of sp³-hybridized carbons (Fsp3) is 0.444. The van der Waals surface area contributed by atoms with E-state index in [-0.39, 0.29) is 5.91 Å². The molecule has 1 saturated carbocycles. The highest BCUT2D eigenvalue weighted by Crippen LogP contribution is 2.41. The van der Waals surface area contributed by atoms with Crippen molar-refractivity contribution in [1.29, 1.82) is 0 Å². The highest BCUT2D eigenvalue weighted by molar-refractivity contribution is 7.09. The van der Waals surface area contributed by atoms with Gasteiger partial charge in [-0.05, 0) is 25.0 Å². The number of benzene rings is 1. The van der Waals surface area contributed by atoms with Crippen molar-refractivity contribution in [2.45, 2.75) is 25.3 Å². The van der Waals surface area contributed by atoms with Crippen molar-refractivity contribution < 1.29 is 4.79 Å². The first-order valence-electron chi connectivity index (χ1n) is 8.52. The lowest BCUT2D eigenvalue weighted by molar-refractivity contribution is 0.0627. The molecule has 132 valence electrons. The van der Waals surface area contributed by atoms with Gasteiger partial charge in [0.25, 0.3) is 5.91 Å². The lowest BCUT2D eigenvalue weighted by Gasteiger charge is -2.34. The van der Waals surface area contributed by atoms with Crippen molar-refractivity contribution >= 4 is 40.4 Å². The van der Waals surface area contributed by atoms with Crippen molar-refractivity contribution in [3.05, 3.63) is 49.9 Å². The van der Waals surface area contributed by atoms with Crippen LogP contribution in [0.25, 0.3) is 0 Å². The van der Waals surface area contributed by atoms with Crippen LogP contribution < -0.4 is 0 Å². The van der Waals surface area contributed by atoms with Gasteiger partial charge in [-0.15, -0.1) is 11.3 Å². The number of thiazole rings is 1. The molecule has 2 aromatic rings. The van der Waals surface area contributed by atoms with Gasteiger partial charge in [0.05, 0.1) is 26.3 Å². The highest BCUT2D eigenvalue weighted by atomic mass is 35.5. The van der Waals surface area contributed by atoms with E-state index in [1.54, 1.807) is 29.5 Å². The van der Waals surface area contributed by atoms with Crippen LogP contribution in [0.3, 0.4) is 0 Å². The molecule has 25 heavy (non-hydrogen) atoms. The van der Waals surface area contributed by atoms with Crippen LogP contribution in [0.1, 0.15) is 39.8 Å². The van der Waals surface area contributed by atoms with Gasteiger partial charge in [-0.2, -0.15) is 0 Å². The number of hydrogen-bond donors (Lipinski definition) is 0. The smallest absolute Gasteiger partial charge is 0.255 e. The van der Waals surface area contributed by atoms with E-state index >= 15 is 0 Å². The second-order valence-corrected chi connectivity index (χ2v) is 8.30. The SMILES string of the molecule is O=C(c1cccc(Cl)c1Cl)N1CCN(Cc2csc(C3CC3)n2)CC1. The summed E-state index contributed by atoms with van der Waals surface area (Å²) in [4.78, 5) is 21.6. The lowest BCUT2D eigenvalue weighted by atomic mass is 10.1. The Morgan fingerprint density at radius 1 is 1.20 bits per heavy atom. The molecule has 1 aromatic carbocycles. The minimum Gasteiger partial charge on any atom is -0.336 e. The summed E-state index contributed by atoms with van der Waals surface area (Å²) in [6.45, 7) is 3.95. The Balaban J connectivity index is 1.34. The van der Waals surface area contributed by atoms with Crippen molar-refractivity contribution in [2.75, 3.05) is 26.2 Å². The van der Waals surface area contributed by atoms with Gasteiger partial charge in [0.2, 0.25) is 0 Å². The van der Waals surface area contributed by atoms with Gasteiger partial charge < -0.3 is 4.90 Å². The molecule has 0 bridgehead atoms. The van der Waals surface area contributed by atoms with Crippen molar-refractivity contribution in [3.8, 4) is 0 Å². The van der Waals surface area contributed by atoms with Gasteiger partial charge >= 0.3 is 0 Å². The zero-order chi connectivity index (χ0) is 17.4. The zero-order valence-corrected chi connectivity index (χ0v) is 16.1. The summed E-state index contributed by atoms with van der Waals surface area (Å²) in [6, 6.07) is 5.19. The molecule has 0 atom stereocenters. The Hall–Kier alpha value is -1.14. The Bertz CT molecular complexity index is 782. The summed E-state index contributed by atoms with van der Waals surface area (Å²) in [6.07, 6.45) is 2.58. The van der Waals surface area contributed by atoms with Gasteiger partial charge in [0, 0.05) is 44.0 Å². The summed E-state index contributed by atoms with van der Waals surface area (Å²) in [5.41, 5.74) is 1.64. The summed E-state index contributed by atoms with van der Waals surface area (Å²) >= 11 is 14.0. The average molecular weight is 396 g/mol. The molecule has 0 spiro atoms. The number of amides is 1. The second kappa shape index (κ2) is 7.23. The van der Waals surface area contributed by atoms with Gasteiger partial charge in [0.15, 0.2) is 0 Å². The maximum Gasteiger partial charge on any atom is 0.255 e. The highest BCUT2D eigenvalue weighted by Gasteiger charge is 2.28. The molecule has 1 aliphatic heterocycles. The summed E-state index contributed by atoms with van der Waals surface area (Å²) < 4.78 is 0. The molecule has 1 aromatic heterocycles. The van der Waals surface area contributed by atoms with E-state index in [1.807, 2.05) is 4.90 Å². The largest absolute Gasteiger partial charge is 0.336 e. The molecule has 1 amide bonds. The molecule has 2 aliphatic rings. The molecule has 2 heterocycles. The molecule has 0 N–H and O–H groups in total. The number of aromatic nitrogens is 1. The van der Waals surface area contributed by atoms with E-state index in [0.29, 0.717) is 28.7 Å². The summed E-state index contributed by atoms with van der Waals surface area (Å²) in [5, 5.41) is 4.23. The number of nitrogens with zero attached hydrogens (tertiary/aromatic N) is 3. The number of carbonyl (C=O) groups is 1. The van der Waals surface area contributed by atoms with Gasteiger partial charge in [-0.1, -0.05) is 29.3 Å². The van der Waals surface area contributed by atoms with E-state index < -0.39 is 0 Å². The number of piperazine rings is 1. The molecule has 4 nitrogen and oxygen atoms in total. The van der Waals surface area contributed by atoms with E-state index in [4.69, 9.17) is 28.2 Å². The van der Waals surface area contributed by atoms with Crippen LogP contribution in [0.15, 0.2) is 23.6 Å². The normalized spacial score (nSPS) is 18.6. The first-order chi connectivity index (χ1) is 12.1. The predicted octanol–water partition coefficient (Wildman–Crippen LogP) is 4.29. The quantitative estimate of drug-likeness (QED) is 0.774. The number of hydrogen-bond acceptors (Lipinski definition) is 4. The minimum absolute atomic E-state index is 0.0446. The predicted molar refractivity (Wildman–Crippen MR) is 102 cm³/mol. The van der Waals surface area contributed by atoms with Crippen LogP contribution in [-0.4, -0.2) is 46.9 Å². The van der Waals surface area contributed by atoms with Crippen molar-refractivity contribution in [1.82, 2.24) is 14.8 Å². The van der Waals surface area contributed by atoms with Crippen molar-refractivity contribution in [2.24, 2.45) is 0 Å². The Morgan fingerprint density at radius 3 is 2.68 bits per heavy atom. The van der Waals surface area contributed by atoms with Gasteiger partial charge in [-0.3, -0.25) is 9.69 Å². The molecule has 7 heteroatoms. The monoisotopic (exact) mass is 395 g/mol. The first kappa shape index (κ1) is 17.3. The Morgan fingerprint density at radius 2 is 1.96 bits per heavy atom. The van der Waals surface area contributed by atoms with E-state index in [2.05, 4.69) is 10.3 Å².